The standard InChI is InChI=1S/C15H22N2O4/c18-10-2-5-12-4-1-9-17(12)14(19)7-8-16-15(20)13-6-3-11-21-13/h3,6,11-12,18H,1-2,4-5,7-10H2,(H,16,20). The third-order valence-corrected chi connectivity index (χ3v) is 3.76. The van der Waals surface area contributed by atoms with E-state index in [1.54, 1.807) is 12.1 Å². The van der Waals surface area contributed by atoms with Gasteiger partial charge in [-0.25, -0.2) is 0 Å². The van der Waals surface area contributed by atoms with Crippen molar-refractivity contribution in [3.63, 3.8) is 0 Å². The van der Waals surface area contributed by atoms with Crippen LogP contribution in [0.2, 0.25) is 0 Å². The molecule has 6 heteroatoms. The van der Waals surface area contributed by atoms with Crippen LogP contribution in [-0.2, 0) is 4.79 Å². The maximum atomic E-state index is 12.2. The Morgan fingerprint density at radius 1 is 1.48 bits per heavy atom. The second kappa shape index (κ2) is 7.83. The summed E-state index contributed by atoms with van der Waals surface area (Å²) in [6.45, 7) is 1.25. The van der Waals surface area contributed by atoms with Gasteiger partial charge in [0.15, 0.2) is 5.76 Å². The van der Waals surface area contributed by atoms with Gasteiger partial charge in [-0.1, -0.05) is 0 Å². The molecular formula is C15H22N2O4. The minimum Gasteiger partial charge on any atom is -0.459 e. The predicted molar refractivity (Wildman–Crippen MR) is 76.7 cm³/mol. The number of hydrogen-bond acceptors (Lipinski definition) is 4. The molecule has 1 aromatic heterocycles. The molecular weight excluding hydrogens is 272 g/mol. The minimum atomic E-state index is -0.300. The topological polar surface area (TPSA) is 82.8 Å². The molecule has 2 rings (SSSR count). The van der Waals surface area contributed by atoms with Crippen LogP contribution in [0, 0.1) is 0 Å². The SMILES string of the molecule is O=C(NCCC(=O)N1CCCC1CCCO)c1ccco1. The van der Waals surface area contributed by atoms with Gasteiger partial charge in [0.2, 0.25) is 5.91 Å². The van der Waals surface area contributed by atoms with E-state index >= 15 is 0 Å². The first-order valence-corrected chi connectivity index (χ1v) is 7.44. The van der Waals surface area contributed by atoms with Crippen molar-refractivity contribution in [1.82, 2.24) is 10.2 Å². The van der Waals surface area contributed by atoms with Crippen LogP contribution in [0.3, 0.4) is 0 Å². The molecule has 2 heterocycles. The molecule has 1 aliphatic rings. The Labute approximate surface area is 124 Å². The number of hydrogen-bond donors (Lipinski definition) is 2. The van der Waals surface area contributed by atoms with Crippen molar-refractivity contribution in [2.45, 2.75) is 38.1 Å². The van der Waals surface area contributed by atoms with Gasteiger partial charge in [0, 0.05) is 32.2 Å². The monoisotopic (exact) mass is 294 g/mol. The third kappa shape index (κ3) is 4.32. The van der Waals surface area contributed by atoms with Crippen LogP contribution in [-0.4, -0.2) is 47.6 Å². The summed E-state index contributed by atoms with van der Waals surface area (Å²) in [6, 6.07) is 3.48. The van der Waals surface area contributed by atoms with Gasteiger partial charge in [-0.2, -0.15) is 0 Å². The number of amides is 2. The van der Waals surface area contributed by atoms with Crippen LogP contribution in [0.5, 0.6) is 0 Å². The zero-order valence-corrected chi connectivity index (χ0v) is 12.1. The lowest BCUT2D eigenvalue weighted by molar-refractivity contribution is -0.132. The maximum Gasteiger partial charge on any atom is 0.286 e. The molecule has 0 aromatic carbocycles. The molecule has 116 valence electrons. The Hall–Kier alpha value is -1.82. The summed E-state index contributed by atoms with van der Waals surface area (Å²) < 4.78 is 4.98. The smallest absolute Gasteiger partial charge is 0.286 e. The Morgan fingerprint density at radius 3 is 3.05 bits per heavy atom. The Bertz CT molecular complexity index is 458. The van der Waals surface area contributed by atoms with Gasteiger partial charge >= 0.3 is 0 Å². The van der Waals surface area contributed by atoms with Crippen molar-refractivity contribution in [2.24, 2.45) is 0 Å². The van der Waals surface area contributed by atoms with Crippen LogP contribution < -0.4 is 5.32 Å². The normalized spacial score (nSPS) is 18.0. The number of nitrogens with zero attached hydrogens (tertiary/aromatic N) is 1. The van der Waals surface area contributed by atoms with Crippen molar-refractivity contribution in [2.75, 3.05) is 19.7 Å². The summed E-state index contributed by atoms with van der Waals surface area (Å²) in [6.07, 6.45) is 5.33. The van der Waals surface area contributed by atoms with E-state index < -0.39 is 0 Å². The highest BCUT2D eigenvalue weighted by Crippen LogP contribution is 2.21. The molecule has 6 nitrogen and oxygen atoms in total. The Morgan fingerprint density at radius 2 is 2.33 bits per heavy atom. The number of furan rings is 1. The van der Waals surface area contributed by atoms with E-state index in [0.29, 0.717) is 13.0 Å². The highest BCUT2D eigenvalue weighted by atomic mass is 16.3. The van der Waals surface area contributed by atoms with Crippen molar-refractivity contribution >= 4 is 11.8 Å². The van der Waals surface area contributed by atoms with Crippen LogP contribution in [0.25, 0.3) is 0 Å². The predicted octanol–water partition coefficient (Wildman–Crippen LogP) is 1.16. The van der Waals surface area contributed by atoms with E-state index in [4.69, 9.17) is 9.52 Å². The summed E-state index contributed by atoms with van der Waals surface area (Å²) in [5.74, 6) is 0.0191. The van der Waals surface area contributed by atoms with Crippen molar-refractivity contribution < 1.29 is 19.1 Å². The largest absolute Gasteiger partial charge is 0.459 e. The molecule has 1 aromatic rings. The lowest BCUT2D eigenvalue weighted by atomic mass is 10.1. The summed E-state index contributed by atoms with van der Waals surface area (Å²) in [5.41, 5.74) is 0. The second-order valence-electron chi connectivity index (χ2n) is 5.23. The summed E-state index contributed by atoms with van der Waals surface area (Å²) >= 11 is 0. The number of likely N-dealkylation sites (tertiary alicyclic amines) is 1. The average molecular weight is 294 g/mol. The fourth-order valence-electron chi connectivity index (χ4n) is 2.71. The number of aliphatic hydroxyl groups excluding tert-OH is 1. The lowest BCUT2D eigenvalue weighted by Crippen LogP contribution is -2.37. The van der Waals surface area contributed by atoms with Crippen LogP contribution in [0.4, 0.5) is 0 Å². The van der Waals surface area contributed by atoms with Crippen LogP contribution in [0.1, 0.15) is 42.7 Å². The summed E-state index contributed by atoms with van der Waals surface area (Å²) in [4.78, 5) is 25.7. The molecule has 21 heavy (non-hydrogen) atoms. The molecule has 1 fully saturated rings. The van der Waals surface area contributed by atoms with Crippen LogP contribution >= 0.6 is 0 Å². The van der Waals surface area contributed by atoms with E-state index in [2.05, 4.69) is 5.32 Å². The van der Waals surface area contributed by atoms with Gasteiger partial charge < -0.3 is 19.7 Å². The Balaban J connectivity index is 1.72. The molecule has 0 aliphatic carbocycles. The molecule has 2 amide bonds. The van der Waals surface area contributed by atoms with E-state index in [-0.39, 0.29) is 30.2 Å². The van der Waals surface area contributed by atoms with Gasteiger partial charge in [0.1, 0.15) is 0 Å². The number of carbonyl (C=O) groups excluding carboxylic acids is 2. The second-order valence-corrected chi connectivity index (χ2v) is 5.23. The average Bonchev–Trinajstić information content (AvgIpc) is 3.15. The summed E-state index contributed by atoms with van der Waals surface area (Å²) in [7, 11) is 0. The van der Waals surface area contributed by atoms with E-state index in [1.807, 2.05) is 4.90 Å². The number of aliphatic hydroxyl groups is 1. The Kier molecular flexibility index (Phi) is 5.80. The fourth-order valence-corrected chi connectivity index (χ4v) is 2.71. The van der Waals surface area contributed by atoms with Gasteiger partial charge in [-0.3, -0.25) is 9.59 Å². The van der Waals surface area contributed by atoms with Gasteiger partial charge in [0.05, 0.1) is 6.26 Å². The maximum absolute atomic E-state index is 12.2. The molecule has 1 unspecified atom stereocenters. The van der Waals surface area contributed by atoms with Gasteiger partial charge in [-0.15, -0.1) is 0 Å². The van der Waals surface area contributed by atoms with Crippen molar-refractivity contribution in [3.8, 4) is 0 Å². The molecule has 1 saturated heterocycles. The molecule has 0 bridgehead atoms. The van der Waals surface area contributed by atoms with Crippen molar-refractivity contribution in [3.05, 3.63) is 24.2 Å². The molecule has 0 radical (unpaired) electrons. The highest BCUT2D eigenvalue weighted by Gasteiger charge is 2.27. The minimum absolute atomic E-state index is 0.0650. The number of rotatable bonds is 7. The molecule has 1 aliphatic heterocycles. The molecule has 0 spiro atoms. The van der Waals surface area contributed by atoms with Gasteiger partial charge in [-0.05, 0) is 37.8 Å². The van der Waals surface area contributed by atoms with Crippen LogP contribution in [0.15, 0.2) is 22.8 Å². The zero-order valence-electron chi connectivity index (χ0n) is 12.1. The number of carbonyl (C=O) groups is 2. The highest BCUT2D eigenvalue weighted by molar-refractivity contribution is 5.91. The fraction of sp³-hybridized carbons (Fsp3) is 0.600. The van der Waals surface area contributed by atoms with E-state index in [1.165, 1.54) is 6.26 Å². The zero-order chi connectivity index (χ0) is 15.1. The quantitative estimate of drug-likeness (QED) is 0.790. The van der Waals surface area contributed by atoms with E-state index in [0.717, 1.165) is 32.2 Å². The third-order valence-electron chi connectivity index (χ3n) is 3.76. The molecule has 0 saturated carbocycles. The van der Waals surface area contributed by atoms with Gasteiger partial charge in [0.25, 0.3) is 5.91 Å². The first-order chi connectivity index (χ1) is 10.2. The van der Waals surface area contributed by atoms with Crippen molar-refractivity contribution in [1.29, 1.82) is 0 Å². The molecule has 1 atom stereocenters. The van der Waals surface area contributed by atoms with E-state index in [9.17, 15) is 9.59 Å². The summed E-state index contributed by atoms with van der Waals surface area (Å²) in [5, 5.41) is 11.6. The first kappa shape index (κ1) is 15.6. The lowest BCUT2D eigenvalue weighted by Gasteiger charge is -2.24. The first-order valence-electron chi connectivity index (χ1n) is 7.44. The molecule has 2 N–H and O–H groups in total. The number of nitrogens with one attached hydrogen (secondary N) is 1.